The van der Waals surface area contributed by atoms with E-state index in [1.54, 1.807) is 0 Å². The molecule has 1 aromatic rings. The second kappa shape index (κ2) is 5.61. The SMILES string of the molecule is CCNC1CCN(c2ccc(C)c(N(C)C)c2)C1. The summed E-state index contributed by atoms with van der Waals surface area (Å²) in [4.78, 5) is 4.68. The molecule has 1 aliphatic rings. The molecule has 0 spiro atoms. The van der Waals surface area contributed by atoms with E-state index in [1.165, 1.54) is 23.4 Å². The van der Waals surface area contributed by atoms with Gasteiger partial charge in [0.1, 0.15) is 0 Å². The van der Waals surface area contributed by atoms with Crippen LogP contribution in [0.1, 0.15) is 18.9 Å². The summed E-state index contributed by atoms with van der Waals surface area (Å²) in [5.41, 5.74) is 4.01. The second-order valence-corrected chi connectivity index (χ2v) is 5.35. The number of hydrogen-bond acceptors (Lipinski definition) is 3. The standard InChI is InChI=1S/C15H25N3/c1-5-16-13-8-9-18(11-13)14-7-6-12(2)15(10-14)17(3)4/h6-7,10,13,16H,5,8-9,11H2,1-4H3. The van der Waals surface area contributed by atoms with Crippen LogP contribution in [0.25, 0.3) is 0 Å². The summed E-state index contributed by atoms with van der Waals surface area (Å²) in [6.45, 7) is 7.70. The zero-order valence-electron chi connectivity index (χ0n) is 12.0. The molecule has 1 unspecified atom stereocenters. The Balaban J connectivity index is 2.12. The van der Waals surface area contributed by atoms with Crippen LogP contribution in [-0.4, -0.2) is 39.8 Å². The van der Waals surface area contributed by atoms with Gasteiger partial charge < -0.3 is 15.1 Å². The molecule has 0 amide bonds. The van der Waals surface area contributed by atoms with E-state index in [4.69, 9.17) is 0 Å². The smallest absolute Gasteiger partial charge is 0.0411 e. The van der Waals surface area contributed by atoms with Crippen LogP contribution in [-0.2, 0) is 0 Å². The molecule has 3 heteroatoms. The molecule has 2 rings (SSSR count). The highest BCUT2D eigenvalue weighted by atomic mass is 15.2. The lowest BCUT2D eigenvalue weighted by Crippen LogP contribution is -2.32. The van der Waals surface area contributed by atoms with Crippen molar-refractivity contribution in [1.29, 1.82) is 0 Å². The molecule has 0 radical (unpaired) electrons. The molecular formula is C15H25N3. The van der Waals surface area contributed by atoms with Crippen molar-refractivity contribution < 1.29 is 0 Å². The number of benzene rings is 1. The number of nitrogens with zero attached hydrogens (tertiary/aromatic N) is 2. The van der Waals surface area contributed by atoms with Gasteiger partial charge in [0.15, 0.2) is 0 Å². The first-order chi connectivity index (χ1) is 8.61. The summed E-state index contributed by atoms with van der Waals surface area (Å²) in [5.74, 6) is 0. The maximum atomic E-state index is 3.54. The van der Waals surface area contributed by atoms with Crippen LogP contribution in [0.4, 0.5) is 11.4 Å². The van der Waals surface area contributed by atoms with Gasteiger partial charge in [-0.05, 0) is 37.6 Å². The fourth-order valence-electron chi connectivity index (χ4n) is 2.73. The average molecular weight is 247 g/mol. The van der Waals surface area contributed by atoms with Gasteiger partial charge in [-0.2, -0.15) is 0 Å². The second-order valence-electron chi connectivity index (χ2n) is 5.35. The first-order valence-electron chi connectivity index (χ1n) is 6.88. The van der Waals surface area contributed by atoms with E-state index in [0.29, 0.717) is 6.04 Å². The van der Waals surface area contributed by atoms with Gasteiger partial charge in [-0.15, -0.1) is 0 Å². The van der Waals surface area contributed by atoms with Crippen LogP contribution in [0, 0.1) is 6.92 Å². The summed E-state index contributed by atoms with van der Waals surface area (Å²) in [5, 5.41) is 3.54. The normalized spacial score (nSPS) is 19.3. The number of anilines is 2. The number of rotatable bonds is 4. The molecule has 0 aliphatic carbocycles. The van der Waals surface area contributed by atoms with E-state index in [-0.39, 0.29) is 0 Å². The van der Waals surface area contributed by atoms with Gasteiger partial charge in [-0.1, -0.05) is 13.0 Å². The van der Waals surface area contributed by atoms with Gasteiger partial charge in [-0.3, -0.25) is 0 Å². The minimum absolute atomic E-state index is 0.652. The van der Waals surface area contributed by atoms with Crippen LogP contribution in [0.5, 0.6) is 0 Å². The largest absolute Gasteiger partial charge is 0.377 e. The molecule has 0 saturated carbocycles. The number of likely N-dealkylation sites (N-methyl/N-ethyl adjacent to an activating group) is 1. The van der Waals surface area contributed by atoms with Crippen LogP contribution < -0.4 is 15.1 Å². The lowest BCUT2D eigenvalue weighted by atomic mass is 10.1. The molecule has 18 heavy (non-hydrogen) atoms. The van der Waals surface area contributed by atoms with Gasteiger partial charge in [0, 0.05) is 44.6 Å². The molecule has 100 valence electrons. The fraction of sp³-hybridized carbons (Fsp3) is 0.600. The molecule has 1 aliphatic heterocycles. The van der Waals surface area contributed by atoms with Crippen molar-refractivity contribution in [2.45, 2.75) is 26.3 Å². The monoisotopic (exact) mass is 247 g/mol. The van der Waals surface area contributed by atoms with Gasteiger partial charge in [-0.25, -0.2) is 0 Å². The Morgan fingerprint density at radius 3 is 2.83 bits per heavy atom. The van der Waals surface area contributed by atoms with E-state index >= 15 is 0 Å². The van der Waals surface area contributed by atoms with Crippen molar-refractivity contribution in [1.82, 2.24) is 5.32 Å². The van der Waals surface area contributed by atoms with Gasteiger partial charge >= 0.3 is 0 Å². The molecule has 1 aromatic carbocycles. The average Bonchev–Trinajstić information content (AvgIpc) is 2.78. The third-order valence-corrected chi connectivity index (χ3v) is 3.72. The maximum absolute atomic E-state index is 3.54. The van der Waals surface area contributed by atoms with E-state index in [1.807, 2.05) is 0 Å². The highest BCUT2D eigenvalue weighted by Gasteiger charge is 2.22. The molecule has 0 aromatic heterocycles. The number of aryl methyl sites for hydroxylation is 1. The summed E-state index contributed by atoms with van der Waals surface area (Å²) in [7, 11) is 4.22. The summed E-state index contributed by atoms with van der Waals surface area (Å²) >= 11 is 0. The van der Waals surface area contributed by atoms with Crippen molar-refractivity contribution in [3.63, 3.8) is 0 Å². The predicted molar refractivity (Wildman–Crippen MR) is 79.8 cm³/mol. The fourth-order valence-corrected chi connectivity index (χ4v) is 2.73. The Bertz CT molecular complexity index is 401. The molecule has 1 heterocycles. The zero-order valence-corrected chi connectivity index (χ0v) is 12.0. The summed E-state index contributed by atoms with van der Waals surface area (Å²) in [6.07, 6.45) is 1.25. The Labute approximate surface area is 111 Å². The first-order valence-corrected chi connectivity index (χ1v) is 6.88. The molecule has 1 fully saturated rings. The van der Waals surface area contributed by atoms with Crippen molar-refractivity contribution in [2.75, 3.05) is 43.5 Å². The lowest BCUT2D eigenvalue weighted by molar-refractivity contribution is 0.572. The minimum Gasteiger partial charge on any atom is -0.377 e. The quantitative estimate of drug-likeness (QED) is 0.880. The van der Waals surface area contributed by atoms with Crippen molar-refractivity contribution in [2.24, 2.45) is 0 Å². The highest BCUT2D eigenvalue weighted by molar-refractivity contribution is 5.63. The number of nitrogens with one attached hydrogen (secondary N) is 1. The minimum atomic E-state index is 0.652. The predicted octanol–water partition coefficient (Wildman–Crippen LogP) is 2.25. The maximum Gasteiger partial charge on any atom is 0.0411 e. The molecular weight excluding hydrogens is 222 g/mol. The van der Waals surface area contributed by atoms with Crippen LogP contribution in [0.3, 0.4) is 0 Å². The third-order valence-electron chi connectivity index (χ3n) is 3.72. The zero-order chi connectivity index (χ0) is 13.1. The molecule has 1 saturated heterocycles. The topological polar surface area (TPSA) is 18.5 Å². The van der Waals surface area contributed by atoms with Gasteiger partial charge in [0.25, 0.3) is 0 Å². The van der Waals surface area contributed by atoms with Gasteiger partial charge in [0.2, 0.25) is 0 Å². The van der Waals surface area contributed by atoms with Crippen LogP contribution in [0.2, 0.25) is 0 Å². The van der Waals surface area contributed by atoms with E-state index in [0.717, 1.165) is 19.6 Å². The van der Waals surface area contributed by atoms with Crippen molar-refractivity contribution in [3.8, 4) is 0 Å². The first kappa shape index (κ1) is 13.2. The Kier molecular flexibility index (Phi) is 4.12. The Morgan fingerprint density at radius 2 is 2.17 bits per heavy atom. The Hall–Kier alpha value is -1.22. The van der Waals surface area contributed by atoms with Crippen molar-refractivity contribution in [3.05, 3.63) is 23.8 Å². The lowest BCUT2D eigenvalue weighted by Gasteiger charge is -2.23. The molecule has 1 N–H and O–H groups in total. The van der Waals surface area contributed by atoms with E-state index in [2.05, 4.69) is 61.3 Å². The van der Waals surface area contributed by atoms with Crippen LogP contribution >= 0.6 is 0 Å². The van der Waals surface area contributed by atoms with Crippen LogP contribution in [0.15, 0.2) is 18.2 Å². The Morgan fingerprint density at radius 1 is 1.39 bits per heavy atom. The van der Waals surface area contributed by atoms with E-state index in [9.17, 15) is 0 Å². The molecule has 0 bridgehead atoms. The van der Waals surface area contributed by atoms with E-state index < -0.39 is 0 Å². The molecule has 3 nitrogen and oxygen atoms in total. The molecule has 1 atom stereocenters. The highest BCUT2D eigenvalue weighted by Crippen LogP contribution is 2.27. The summed E-state index contributed by atoms with van der Waals surface area (Å²) < 4.78 is 0. The third kappa shape index (κ3) is 2.78. The van der Waals surface area contributed by atoms with Crippen molar-refractivity contribution >= 4 is 11.4 Å². The number of hydrogen-bond donors (Lipinski definition) is 1. The summed E-state index contributed by atoms with van der Waals surface area (Å²) in [6, 6.07) is 7.44. The van der Waals surface area contributed by atoms with Gasteiger partial charge in [0.05, 0.1) is 0 Å².